The normalized spacial score (nSPS) is 18.8. The minimum Gasteiger partial charge on any atom is -0.344 e. The minimum atomic E-state index is -0.383. The molecule has 1 N–H and O–H groups in total. The minimum absolute atomic E-state index is 0.0118. The Kier molecular flexibility index (Phi) is 4.12. The molecule has 4 heteroatoms. The molecule has 1 aliphatic heterocycles. The van der Waals surface area contributed by atoms with Gasteiger partial charge in [0.1, 0.15) is 6.04 Å². The van der Waals surface area contributed by atoms with Crippen molar-refractivity contribution in [2.75, 3.05) is 11.4 Å². The van der Waals surface area contributed by atoms with Crippen molar-refractivity contribution in [2.24, 2.45) is 5.92 Å². The van der Waals surface area contributed by atoms with Crippen molar-refractivity contribution in [3.05, 3.63) is 29.3 Å². The molecule has 0 unspecified atom stereocenters. The van der Waals surface area contributed by atoms with Crippen molar-refractivity contribution in [1.82, 2.24) is 5.32 Å². The van der Waals surface area contributed by atoms with Gasteiger partial charge in [-0.1, -0.05) is 19.9 Å². The van der Waals surface area contributed by atoms with E-state index in [1.54, 1.807) is 4.90 Å². The lowest BCUT2D eigenvalue weighted by atomic mass is 10.1. The summed E-state index contributed by atoms with van der Waals surface area (Å²) in [5.41, 5.74) is 3.30. The third-order valence-corrected chi connectivity index (χ3v) is 3.85. The SMILES string of the molecule is Cc1ccc(N2CC[C@@H](NC(=O)C(C)C)C2=O)cc1C. The molecule has 4 nitrogen and oxygen atoms in total. The predicted molar refractivity (Wildman–Crippen MR) is 79.7 cm³/mol. The molecule has 1 heterocycles. The zero-order valence-corrected chi connectivity index (χ0v) is 12.6. The topological polar surface area (TPSA) is 49.4 Å². The van der Waals surface area contributed by atoms with E-state index in [9.17, 15) is 9.59 Å². The molecule has 1 aliphatic rings. The van der Waals surface area contributed by atoms with Crippen LogP contribution in [0.4, 0.5) is 5.69 Å². The van der Waals surface area contributed by atoms with E-state index in [4.69, 9.17) is 0 Å². The fourth-order valence-electron chi connectivity index (χ4n) is 2.30. The Balaban J connectivity index is 2.11. The first-order valence-electron chi connectivity index (χ1n) is 7.09. The Morgan fingerprint density at radius 3 is 2.60 bits per heavy atom. The van der Waals surface area contributed by atoms with Crippen molar-refractivity contribution < 1.29 is 9.59 Å². The second kappa shape index (κ2) is 5.65. The van der Waals surface area contributed by atoms with Gasteiger partial charge in [0.05, 0.1) is 0 Å². The number of rotatable bonds is 3. The summed E-state index contributed by atoms with van der Waals surface area (Å²) in [4.78, 5) is 25.8. The van der Waals surface area contributed by atoms with Crippen LogP contribution in [0.15, 0.2) is 18.2 Å². The monoisotopic (exact) mass is 274 g/mol. The Hall–Kier alpha value is -1.84. The number of carbonyl (C=O) groups is 2. The van der Waals surface area contributed by atoms with Gasteiger partial charge in [0.15, 0.2) is 0 Å². The van der Waals surface area contributed by atoms with Gasteiger partial charge in [0, 0.05) is 18.2 Å². The quantitative estimate of drug-likeness (QED) is 0.918. The van der Waals surface area contributed by atoms with Crippen LogP contribution in [0.5, 0.6) is 0 Å². The van der Waals surface area contributed by atoms with Gasteiger partial charge in [-0.25, -0.2) is 0 Å². The van der Waals surface area contributed by atoms with Crippen LogP contribution in [0.2, 0.25) is 0 Å². The highest BCUT2D eigenvalue weighted by atomic mass is 16.2. The fourth-order valence-corrected chi connectivity index (χ4v) is 2.30. The highest BCUT2D eigenvalue weighted by Gasteiger charge is 2.33. The van der Waals surface area contributed by atoms with E-state index in [-0.39, 0.29) is 23.8 Å². The average molecular weight is 274 g/mol. The molecule has 20 heavy (non-hydrogen) atoms. The van der Waals surface area contributed by atoms with E-state index >= 15 is 0 Å². The second-order valence-electron chi connectivity index (χ2n) is 5.76. The van der Waals surface area contributed by atoms with Crippen LogP contribution >= 0.6 is 0 Å². The van der Waals surface area contributed by atoms with Crippen LogP contribution in [0.25, 0.3) is 0 Å². The number of amides is 2. The molecule has 0 radical (unpaired) electrons. The van der Waals surface area contributed by atoms with E-state index in [1.807, 2.05) is 39.0 Å². The molecule has 0 spiro atoms. The van der Waals surface area contributed by atoms with Gasteiger partial charge in [-0.2, -0.15) is 0 Å². The molecule has 1 aromatic rings. The standard InChI is InChI=1S/C16H22N2O2/c1-10(2)15(19)17-14-7-8-18(16(14)20)13-6-5-11(3)12(4)9-13/h5-6,9-10,14H,7-8H2,1-4H3,(H,17,19)/t14-/m1/s1. The smallest absolute Gasteiger partial charge is 0.249 e. The third-order valence-electron chi connectivity index (χ3n) is 3.85. The zero-order valence-electron chi connectivity index (χ0n) is 12.6. The number of nitrogens with zero attached hydrogens (tertiary/aromatic N) is 1. The lowest BCUT2D eigenvalue weighted by Gasteiger charge is -2.19. The van der Waals surface area contributed by atoms with Crippen LogP contribution in [-0.2, 0) is 9.59 Å². The second-order valence-corrected chi connectivity index (χ2v) is 5.76. The Morgan fingerprint density at radius 2 is 2.00 bits per heavy atom. The van der Waals surface area contributed by atoms with Crippen LogP contribution in [0.3, 0.4) is 0 Å². The van der Waals surface area contributed by atoms with Crippen molar-refractivity contribution in [3.63, 3.8) is 0 Å². The summed E-state index contributed by atoms with van der Waals surface area (Å²) in [6, 6.07) is 5.64. The van der Waals surface area contributed by atoms with E-state index in [0.717, 1.165) is 5.69 Å². The molecular formula is C16H22N2O2. The lowest BCUT2D eigenvalue weighted by molar-refractivity contribution is -0.128. The molecule has 0 bridgehead atoms. The molecule has 0 aliphatic carbocycles. The first kappa shape index (κ1) is 14.6. The van der Waals surface area contributed by atoms with E-state index in [2.05, 4.69) is 12.2 Å². The number of carbonyl (C=O) groups excluding carboxylic acids is 2. The summed E-state index contributed by atoms with van der Waals surface area (Å²) in [5, 5.41) is 2.82. The van der Waals surface area contributed by atoms with Crippen molar-refractivity contribution in [2.45, 2.75) is 40.2 Å². The summed E-state index contributed by atoms with van der Waals surface area (Å²) >= 11 is 0. The molecule has 0 aromatic heterocycles. The Morgan fingerprint density at radius 1 is 1.30 bits per heavy atom. The van der Waals surface area contributed by atoms with Gasteiger partial charge >= 0.3 is 0 Å². The van der Waals surface area contributed by atoms with Crippen molar-refractivity contribution in [1.29, 1.82) is 0 Å². The zero-order chi connectivity index (χ0) is 14.9. The van der Waals surface area contributed by atoms with Gasteiger partial charge in [-0.15, -0.1) is 0 Å². The summed E-state index contributed by atoms with van der Waals surface area (Å²) in [6.07, 6.45) is 0.671. The Labute approximate surface area is 120 Å². The summed E-state index contributed by atoms with van der Waals surface area (Å²) in [5.74, 6) is -0.175. The molecular weight excluding hydrogens is 252 g/mol. The fraction of sp³-hybridized carbons (Fsp3) is 0.500. The van der Waals surface area contributed by atoms with E-state index in [1.165, 1.54) is 11.1 Å². The third kappa shape index (κ3) is 2.84. The van der Waals surface area contributed by atoms with Crippen LogP contribution in [-0.4, -0.2) is 24.4 Å². The van der Waals surface area contributed by atoms with E-state index < -0.39 is 0 Å². The molecule has 0 saturated carbocycles. The number of hydrogen-bond donors (Lipinski definition) is 1. The van der Waals surface area contributed by atoms with Crippen LogP contribution in [0, 0.1) is 19.8 Å². The number of benzene rings is 1. The maximum atomic E-state index is 12.4. The van der Waals surface area contributed by atoms with Gasteiger partial charge < -0.3 is 10.2 Å². The first-order valence-corrected chi connectivity index (χ1v) is 7.09. The molecule has 1 fully saturated rings. The largest absolute Gasteiger partial charge is 0.344 e. The van der Waals surface area contributed by atoms with Gasteiger partial charge in [-0.05, 0) is 43.5 Å². The number of aryl methyl sites for hydroxylation is 2. The molecule has 1 aromatic carbocycles. The van der Waals surface area contributed by atoms with E-state index in [0.29, 0.717) is 13.0 Å². The van der Waals surface area contributed by atoms with Crippen molar-refractivity contribution >= 4 is 17.5 Å². The summed E-state index contributed by atoms with van der Waals surface area (Å²) < 4.78 is 0. The molecule has 2 rings (SSSR count). The van der Waals surface area contributed by atoms with Crippen LogP contribution < -0.4 is 10.2 Å². The van der Waals surface area contributed by atoms with Crippen LogP contribution in [0.1, 0.15) is 31.4 Å². The summed E-state index contributed by atoms with van der Waals surface area (Å²) in [7, 11) is 0. The van der Waals surface area contributed by atoms with Gasteiger partial charge in [-0.3, -0.25) is 9.59 Å². The number of nitrogens with one attached hydrogen (secondary N) is 1. The highest BCUT2D eigenvalue weighted by Crippen LogP contribution is 2.24. The van der Waals surface area contributed by atoms with Gasteiger partial charge in [0.25, 0.3) is 0 Å². The number of hydrogen-bond acceptors (Lipinski definition) is 2. The number of anilines is 1. The first-order chi connectivity index (χ1) is 9.40. The maximum Gasteiger partial charge on any atom is 0.249 e. The molecule has 1 atom stereocenters. The van der Waals surface area contributed by atoms with Gasteiger partial charge in [0.2, 0.25) is 11.8 Å². The molecule has 2 amide bonds. The van der Waals surface area contributed by atoms with Crippen molar-refractivity contribution in [3.8, 4) is 0 Å². The molecule has 1 saturated heterocycles. The Bertz CT molecular complexity index is 537. The average Bonchev–Trinajstić information content (AvgIpc) is 2.74. The predicted octanol–water partition coefficient (Wildman–Crippen LogP) is 2.18. The summed E-state index contributed by atoms with van der Waals surface area (Å²) in [6.45, 7) is 8.41. The maximum absolute atomic E-state index is 12.4. The highest BCUT2D eigenvalue weighted by molar-refractivity contribution is 6.01. The molecule has 108 valence electrons. The lowest BCUT2D eigenvalue weighted by Crippen LogP contribution is -2.43.